The average Bonchev–Trinajstić information content (AvgIpc) is 3.91. The highest BCUT2D eigenvalue weighted by Crippen LogP contribution is 2.38. The summed E-state index contributed by atoms with van der Waals surface area (Å²) in [6.07, 6.45) is 4.73. The second-order valence-electron chi connectivity index (χ2n) is 14.9. The van der Waals surface area contributed by atoms with Crippen molar-refractivity contribution in [2.24, 2.45) is 5.41 Å². The molecule has 0 radical (unpaired) electrons. The van der Waals surface area contributed by atoms with Gasteiger partial charge in [-0.25, -0.2) is 9.97 Å². The number of methoxy groups -OCH3 is 1. The van der Waals surface area contributed by atoms with E-state index in [2.05, 4.69) is 58.2 Å². The highest BCUT2D eigenvalue weighted by molar-refractivity contribution is 5.91. The molecular weight excluding hydrogens is 695 g/mol. The van der Waals surface area contributed by atoms with Crippen molar-refractivity contribution in [3.8, 4) is 28.7 Å². The zero-order valence-corrected chi connectivity index (χ0v) is 31.2. The molecule has 3 aromatic heterocycles. The Kier molecular flexibility index (Phi) is 9.79. The molecule has 280 valence electrons. The second kappa shape index (κ2) is 14.8. The highest BCUT2D eigenvalue weighted by Gasteiger charge is 2.45. The molecule has 6 aromatic rings. The van der Waals surface area contributed by atoms with Crippen LogP contribution in [0.1, 0.15) is 40.7 Å². The fourth-order valence-electron chi connectivity index (χ4n) is 8.21. The molecule has 2 saturated heterocycles. The van der Waals surface area contributed by atoms with Crippen LogP contribution in [0.15, 0.2) is 77.5 Å². The number of nitriles is 1. The minimum Gasteiger partial charge on any atom is -0.481 e. The molecule has 2 aliphatic rings. The number of aromatic nitrogens is 3. The lowest BCUT2D eigenvalue weighted by molar-refractivity contribution is -0.151. The molecule has 2 atom stereocenters. The highest BCUT2D eigenvalue weighted by atomic mass is 16.5. The summed E-state index contributed by atoms with van der Waals surface area (Å²) in [5, 5.41) is 34.5. The lowest BCUT2D eigenvalue weighted by Gasteiger charge is -2.24. The molecule has 0 bridgehead atoms. The van der Waals surface area contributed by atoms with Gasteiger partial charge in [-0.2, -0.15) is 5.26 Å². The van der Waals surface area contributed by atoms with Gasteiger partial charge in [-0.05, 0) is 103 Å². The number of carboxylic acid groups (broad SMARTS) is 1. The Morgan fingerprint density at radius 1 is 1.02 bits per heavy atom. The molecule has 0 saturated carbocycles. The number of aliphatic carboxylic acids is 1. The summed E-state index contributed by atoms with van der Waals surface area (Å²) >= 11 is 0. The minimum absolute atomic E-state index is 0.152. The van der Waals surface area contributed by atoms with Crippen molar-refractivity contribution < 1.29 is 24.2 Å². The summed E-state index contributed by atoms with van der Waals surface area (Å²) < 4.78 is 11.6. The number of carboxylic acids is 1. The van der Waals surface area contributed by atoms with E-state index in [1.165, 1.54) is 7.11 Å². The number of likely N-dealkylation sites (tertiary alicyclic amines) is 2. The van der Waals surface area contributed by atoms with Crippen molar-refractivity contribution in [3.63, 3.8) is 0 Å². The maximum absolute atomic E-state index is 12.1. The summed E-state index contributed by atoms with van der Waals surface area (Å²) in [6.45, 7) is 8.07. The first-order valence-electron chi connectivity index (χ1n) is 18.5. The van der Waals surface area contributed by atoms with Crippen molar-refractivity contribution in [1.29, 1.82) is 5.26 Å². The smallest absolute Gasteiger partial charge is 0.313 e. The van der Waals surface area contributed by atoms with Gasteiger partial charge in [0.25, 0.3) is 0 Å². The van der Waals surface area contributed by atoms with Gasteiger partial charge in [0.2, 0.25) is 5.89 Å². The lowest BCUT2D eigenvalue weighted by Crippen LogP contribution is -2.38. The SMILES string of the molecule is COCC1(C(=O)O)CCN(Cc2cc(C#N)c3oc(-c4cccc(-c5cccc(Nc6nccc7cc(CN8CCC(O)C8)cnc67)c5C)c4C)nc3c2)C1. The van der Waals surface area contributed by atoms with E-state index in [-0.39, 0.29) is 12.7 Å². The zero-order chi connectivity index (χ0) is 38.3. The van der Waals surface area contributed by atoms with Gasteiger partial charge >= 0.3 is 5.97 Å². The average molecular weight is 738 g/mol. The van der Waals surface area contributed by atoms with Gasteiger partial charge in [0, 0.05) is 68.9 Å². The van der Waals surface area contributed by atoms with Gasteiger partial charge in [0.1, 0.15) is 22.5 Å². The molecule has 8 rings (SSSR count). The number of hydrogen-bond donors (Lipinski definition) is 3. The molecule has 55 heavy (non-hydrogen) atoms. The summed E-state index contributed by atoms with van der Waals surface area (Å²) in [4.78, 5) is 30.8. The van der Waals surface area contributed by atoms with Crippen LogP contribution in [0.2, 0.25) is 0 Å². The Labute approximate surface area is 319 Å². The number of aliphatic hydroxyl groups excluding tert-OH is 1. The quantitative estimate of drug-likeness (QED) is 0.127. The monoisotopic (exact) mass is 737 g/mol. The van der Waals surface area contributed by atoms with E-state index in [1.54, 1.807) is 12.3 Å². The number of nitrogens with one attached hydrogen (secondary N) is 1. The standard InChI is InChI=1S/C43H43N7O5/c1-26-33(34-7-5-9-36(27(34)2)47-40-38-30(10-13-45-40)17-29(20-46-38)22-49-14-11-32(51)23-49)6-4-8-35(26)41-48-37-18-28(16-31(19-44)39(37)55-41)21-50-15-12-43(24-50,25-54-3)42(52)53/h4-10,13,16-18,20,32,51H,11-12,14-15,21-25H2,1-3H3,(H,45,47)(H,52,53). The van der Waals surface area contributed by atoms with Crippen LogP contribution < -0.4 is 5.32 Å². The number of nitrogens with zero attached hydrogens (tertiary/aromatic N) is 6. The first kappa shape index (κ1) is 36.3. The molecule has 12 nitrogen and oxygen atoms in total. The number of β-amino-alcohol motifs (C(OH)–C–C–N with tert-alkyl or cyclic N) is 1. The molecule has 12 heteroatoms. The van der Waals surface area contributed by atoms with Gasteiger partial charge in [0.05, 0.1) is 18.3 Å². The number of anilines is 2. The molecule has 3 N–H and O–H groups in total. The number of hydrogen-bond acceptors (Lipinski definition) is 11. The van der Waals surface area contributed by atoms with Gasteiger partial charge in [-0.1, -0.05) is 24.3 Å². The van der Waals surface area contributed by atoms with Crippen LogP contribution in [0.5, 0.6) is 0 Å². The number of oxazole rings is 1. The summed E-state index contributed by atoms with van der Waals surface area (Å²) in [5.41, 5.74) is 9.02. The third kappa shape index (κ3) is 7.03. The maximum Gasteiger partial charge on any atom is 0.313 e. The number of ether oxygens (including phenoxy) is 1. The van der Waals surface area contributed by atoms with Crippen LogP contribution in [0.4, 0.5) is 11.5 Å². The normalized spacial score (nSPS) is 19.0. The minimum atomic E-state index is -0.942. The molecule has 3 aromatic carbocycles. The molecule has 0 aliphatic carbocycles. The van der Waals surface area contributed by atoms with Gasteiger partial charge in [-0.15, -0.1) is 0 Å². The van der Waals surface area contributed by atoms with E-state index in [0.717, 1.165) is 75.0 Å². The van der Waals surface area contributed by atoms with E-state index in [4.69, 9.17) is 19.1 Å². The predicted molar refractivity (Wildman–Crippen MR) is 210 cm³/mol. The Hall–Kier alpha value is -5.71. The molecule has 2 unspecified atom stereocenters. The van der Waals surface area contributed by atoms with Crippen molar-refractivity contribution in [2.75, 3.05) is 45.2 Å². The van der Waals surface area contributed by atoms with E-state index >= 15 is 0 Å². The van der Waals surface area contributed by atoms with Crippen molar-refractivity contribution in [3.05, 3.63) is 101 Å². The molecule has 2 aliphatic heterocycles. The van der Waals surface area contributed by atoms with Gasteiger partial charge < -0.3 is 24.7 Å². The third-order valence-electron chi connectivity index (χ3n) is 11.1. The summed E-state index contributed by atoms with van der Waals surface area (Å²) in [5.74, 6) is 0.241. The Morgan fingerprint density at radius 2 is 1.80 bits per heavy atom. The van der Waals surface area contributed by atoms with E-state index in [1.807, 2.05) is 42.6 Å². The number of fused-ring (bicyclic) bond motifs is 2. The fourth-order valence-corrected chi connectivity index (χ4v) is 8.21. The summed E-state index contributed by atoms with van der Waals surface area (Å²) in [6, 6.07) is 22.3. The Balaban J connectivity index is 1.06. The Bertz CT molecular complexity index is 2470. The van der Waals surface area contributed by atoms with E-state index in [9.17, 15) is 20.3 Å². The Morgan fingerprint density at radius 3 is 2.56 bits per heavy atom. The lowest BCUT2D eigenvalue weighted by atomic mass is 9.88. The first-order valence-corrected chi connectivity index (χ1v) is 18.5. The number of rotatable bonds is 11. The number of aliphatic hydroxyl groups is 1. The second-order valence-corrected chi connectivity index (χ2v) is 14.9. The number of benzene rings is 3. The maximum atomic E-state index is 12.1. The van der Waals surface area contributed by atoms with Gasteiger partial charge in [0.15, 0.2) is 11.4 Å². The molecule has 2 fully saturated rings. The third-order valence-corrected chi connectivity index (χ3v) is 11.1. The predicted octanol–water partition coefficient (Wildman–Crippen LogP) is 6.83. The van der Waals surface area contributed by atoms with E-state index in [0.29, 0.717) is 61.0 Å². The molecular formula is C43H43N7O5. The van der Waals surface area contributed by atoms with Crippen molar-refractivity contribution >= 4 is 39.5 Å². The van der Waals surface area contributed by atoms with Crippen molar-refractivity contribution in [2.45, 2.75) is 45.9 Å². The zero-order valence-electron chi connectivity index (χ0n) is 31.2. The van der Waals surface area contributed by atoms with Crippen LogP contribution in [-0.2, 0) is 22.6 Å². The van der Waals surface area contributed by atoms with Crippen molar-refractivity contribution in [1.82, 2.24) is 24.8 Å². The van der Waals surface area contributed by atoms with Crippen LogP contribution in [-0.4, -0.2) is 86.9 Å². The van der Waals surface area contributed by atoms with Crippen LogP contribution in [0.3, 0.4) is 0 Å². The van der Waals surface area contributed by atoms with E-state index < -0.39 is 11.4 Å². The fraction of sp³-hybridized carbons (Fsp3) is 0.326. The largest absolute Gasteiger partial charge is 0.481 e. The molecule has 0 amide bonds. The van der Waals surface area contributed by atoms with Crippen LogP contribution in [0, 0.1) is 30.6 Å². The first-order chi connectivity index (χ1) is 26.6. The van der Waals surface area contributed by atoms with Crippen LogP contribution >= 0.6 is 0 Å². The molecule has 0 spiro atoms. The topological polar surface area (TPSA) is 161 Å². The number of pyridine rings is 2. The van der Waals surface area contributed by atoms with Gasteiger partial charge in [-0.3, -0.25) is 19.6 Å². The number of carbonyl (C=O) groups is 1. The summed E-state index contributed by atoms with van der Waals surface area (Å²) in [7, 11) is 1.53. The van der Waals surface area contributed by atoms with Crippen LogP contribution in [0.25, 0.3) is 44.6 Å². The molecule has 5 heterocycles.